The van der Waals surface area contributed by atoms with Crippen molar-refractivity contribution in [1.29, 1.82) is 5.26 Å². The Kier molecular flexibility index (Phi) is 5.84. The molecule has 1 aromatic heterocycles. The van der Waals surface area contributed by atoms with Gasteiger partial charge in [0.1, 0.15) is 12.4 Å². The Morgan fingerprint density at radius 2 is 2.11 bits per heavy atom. The molecule has 7 nitrogen and oxygen atoms in total. The number of hydrogen-bond acceptors (Lipinski definition) is 5. The van der Waals surface area contributed by atoms with Crippen LogP contribution in [0.25, 0.3) is 0 Å². The smallest absolute Gasteiger partial charge is 0.266 e. The number of benzene rings is 1. The van der Waals surface area contributed by atoms with Crippen molar-refractivity contribution in [3.8, 4) is 6.07 Å². The summed E-state index contributed by atoms with van der Waals surface area (Å²) in [6, 6.07) is 9.32. The predicted molar refractivity (Wildman–Crippen MR) is 102 cm³/mol. The van der Waals surface area contributed by atoms with Gasteiger partial charge < -0.3 is 9.72 Å². The first-order valence-corrected chi connectivity index (χ1v) is 8.89. The fourth-order valence-electron chi connectivity index (χ4n) is 2.77. The normalized spacial score (nSPS) is 21.4. The number of nitriles is 1. The van der Waals surface area contributed by atoms with Gasteiger partial charge in [-0.05, 0) is 36.3 Å². The van der Waals surface area contributed by atoms with Gasteiger partial charge >= 0.3 is 0 Å². The van der Waals surface area contributed by atoms with Crippen molar-refractivity contribution in [2.45, 2.75) is 12.3 Å². The Bertz CT molecular complexity index is 954. The Morgan fingerprint density at radius 1 is 1.33 bits per heavy atom. The lowest BCUT2D eigenvalue weighted by molar-refractivity contribution is -0.419. The van der Waals surface area contributed by atoms with Crippen LogP contribution in [0.15, 0.2) is 71.0 Å². The van der Waals surface area contributed by atoms with Gasteiger partial charge in [0.05, 0.1) is 28.8 Å². The molecule has 1 N–H and O–H groups in total. The number of nitrogens with one attached hydrogen (secondary N) is 1. The highest BCUT2D eigenvalue weighted by Gasteiger charge is 2.23. The Morgan fingerprint density at radius 3 is 2.74 bits per heavy atom. The average Bonchev–Trinajstić information content (AvgIpc) is 3.21. The zero-order valence-electron chi connectivity index (χ0n) is 14.1. The van der Waals surface area contributed by atoms with Crippen LogP contribution in [0.3, 0.4) is 0 Å². The molecule has 2 heterocycles. The summed E-state index contributed by atoms with van der Waals surface area (Å²) in [7, 11) is 0. The SMILES string of the molecule is N#Cc1ccc(C(/C2=C/C/C=C([N+](=O)[O-])\C=C(\Br)CO2)c2cnc[nH]2)cc1. The van der Waals surface area contributed by atoms with Crippen molar-refractivity contribution in [2.75, 3.05) is 6.61 Å². The number of aromatic amines is 1. The summed E-state index contributed by atoms with van der Waals surface area (Å²) in [5.41, 5.74) is 2.32. The maximum absolute atomic E-state index is 11.1. The molecule has 1 aromatic carbocycles. The first-order valence-electron chi connectivity index (χ1n) is 8.10. The van der Waals surface area contributed by atoms with Crippen molar-refractivity contribution in [1.82, 2.24) is 9.97 Å². The highest BCUT2D eigenvalue weighted by atomic mass is 79.9. The molecule has 8 heteroatoms. The molecule has 136 valence electrons. The molecule has 0 saturated heterocycles. The van der Waals surface area contributed by atoms with Gasteiger partial charge in [-0.15, -0.1) is 0 Å². The standard InChI is InChI=1S/C19H15BrN4O3/c20-15-8-16(24(25)26)2-1-3-18(27-11-15)19(17-10-22-12-23-17)14-6-4-13(9-21)5-7-14/h2-8,10,12,19H,1,11H2,(H,22,23)/b15-8+,16-2+,18-3-. The van der Waals surface area contributed by atoms with Crippen LogP contribution in [0.1, 0.15) is 29.2 Å². The number of nitro groups is 1. The summed E-state index contributed by atoms with van der Waals surface area (Å²) in [5, 5.41) is 20.2. The van der Waals surface area contributed by atoms with E-state index in [1.165, 1.54) is 6.08 Å². The van der Waals surface area contributed by atoms with Gasteiger partial charge in [-0.3, -0.25) is 10.1 Å². The molecule has 1 unspecified atom stereocenters. The second-order valence-electron chi connectivity index (χ2n) is 5.78. The quantitative estimate of drug-likeness (QED) is 0.583. The molecule has 0 amide bonds. The maximum atomic E-state index is 11.1. The number of nitrogens with zero attached hydrogens (tertiary/aromatic N) is 3. The van der Waals surface area contributed by atoms with E-state index in [-0.39, 0.29) is 18.2 Å². The van der Waals surface area contributed by atoms with Gasteiger partial charge in [0.25, 0.3) is 5.70 Å². The van der Waals surface area contributed by atoms with Crippen molar-refractivity contribution in [3.63, 3.8) is 0 Å². The van der Waals surface area contributed by atoms with Crippen molar-refractivity contribution in [3.05, 3.63) is 97.9 Å². The molecule has 1 aliphatic heterocycles. The maximum Gasteiger partial charge on any atom is 0.266 e. The summed E-state index contributed by atoms with van der Waals surface area (Å²) in [4.78, 5) is 17.9. The number of rotatable bonds is 4. The lowest BCUT2D eigenvalue weighted by atomic mass is 9.92. The summed E-state index contributed by atoms with van der Waals surface area (Å²) in [6.45, 7) is 0.165. The minimum absolute atomic E-state index is 0.0134. The molecule has 0 saturated carbocycles. The van der Waals surface area contributed by atoms with Crippen LogP contribution in [0.4, 0.5) is 0 Å². The molecule has 0 fully saturated rings. The van der Waals surface area contributed by atoms with Crippen LogP contribution in [0, 0.1) is 21.4 Å². The van der Waals surface area contributed by atoms with Gasteiger partial charge in [-0.1, -0.05) is 28.1 Å². The number of hydrogen-bond donors (Lipinski definition) is 1. The number of halogens is 1. The molecular weight excluding hydrogens is 412 g/mol. The Labute approximate surface area is 164 Å². The van der Waals surface area contributed by atoms with Gasteiger partial charge in [0, 0.05) is 22.4 Å². The van der Waals surface area contributed by atoms with Gasteiger partial charge in [0.2, 0.25) is 0 Å². The molecule has 0 bridgehead atoms. The fourth-order valence-corrected chi connectivity index (χ4v) is 3.12. The predicted octanol–water partition coefficient (Wildman–Crippen LogP) is 4.16. The third-order valence-corrected chi connectivity index (χ3v) is 4.48. The van der Waals surface area contributed by atoms with E-state index in [9.17, 15) is 10.1 Å². The molecule has 0 spiro atoms. The van der Waals surface area contributed by atoms with Crippen molar-refractivity contribution >= 4 is 15.9 Å². The molecular formula is C19H15BrN4O3. The van der Waals surface area contributed by atoms with Gasteiger partial charge in [-0.25, -0.2) is 4.98 Å². The van der Waals surface area contributed by atoms with E-state index >= 15 is 0 Å². The second-order valence-corrected chi connectivity index (χ2v) is 6.80. The third-order valence-electron chi connectivity index (χ3n) is 4.03. The summed E-state index contributed by atoms with van der Waals surface area (Å²) < 4.78 is 6.55. The van der Waals surface area contributed by atoms with Crippen LogP contribution in [-0.4, -0.2) is 21.5 Å². The number of aromatic nitrogens is 2. The van der Waals surface area contributed by atoms with Crippen LogP contribution in [0.2, 0.25) is 0 Å². The largest absolute Gasteiger partial charge is 0.492 e. The van der Waals surface area contributed by atoms with E-state index in [2.05, 4.69) is 32.0 Å². The van der Waals surface area contributed by atoms with E-state index in [4.69, 9.17) is 10.00 Å². The molecule has 0 radical (unpaired) electrons. The highest BCUT2D eigenvalue weighted by Crippen LogP contribution is 2.33. The Balaban J connectivity index is 2.01. The van der Waals surface area contributed by atoms with Crippen LogP contribution in [-0.2, 0) is 4.74 Å². The highest BCUT2D eigenvalue weighted by molar-refractivity contribution is 9.11. The van der Waals surface area contributed by atoms with Gasteiger partial charge in [0.15, 0.2) is 0 Å². The summed E-state index contributed by atoms with van der Waals surface area (Å²) in [6.07, 6.45) is 8.46. The lowest BCUT2D eigenvalue weighted by Gasteiger charge is -2.20. The molecule has 1 aliphatic rings. The lowest BCUT2D eigenvalue weighted by Crippen LogP contribution is -2.09. The average molecular weight is 427 g/mol. The van der Waals surface area contributed by atoms with Crippen molar-refractivity contribution < 1.29 is 9.66 Å². The molecule has 3 rings (SSSR count). The number of ether oxygens (including phenoxy) is 1. The molecule has 1 atom stereocenters. The fraction of sp³-hybridized carbons (Fsp3) is 0.158. The van der Waals surface area contributed by atoms with E-state index in [0.29, 0.717) is 22.2 Å². The second kappa shape index (κ2) is 8.47. The first kappa shape index (κ1) is 18.6. The van der Waals surface area contributed by atoms with Gasteiger partial charge in [-0.2, -0.15) is 5.26 Å². The van der Waals surface area contributed by atoms with Crippen molar-refractivity contribution in [2.24, 2.45) is 0 Å². The Hall–Kier alpha value is -3.18. The molecule has 0 aliphatic carbocycles. The van der Waals surface area contributed by atoms with E-state index in [1.807, 2.05) is 18.2 Å². The third kappa shape index (κ3) is 4.51. The van der Waals surface area contributed by atoms with E-state index in [0.717, 1.165) is 11.3 Å². The van der Waals surface area contributed by atoms with Crippen LogP contribution < -0.4 is 0 Å². The monoisotopic (exact) mass is 426 g/mol. The summed E-state index contributed by atoms with van der Waals surface area (Å²) >= 11 is 3.32. The minimum atomic E-state index is -0.424. The number of H-pyrrole nitrogens is 1. The topological polar surface area (TPSA) is 105 Å². The van der Waals surface area contributed by atoms with E-state index in [1.54, 1.807) is 30.7 Å². The summed E-state index contributed by atoms with van der Waals surface area (Å²) in [5.74, 6) is 0.376. The molecule has 2 aromatic rings. The minimum Gasteiger partial charge on any atom is -0.492 e. The van der Waals surface area contributed by atoms with Crippen LogP contribution in [0.5, 0.6) is 0 Å². The first-order chi connectivity index (χ1) is 13.1. The number of imidazole rings is 1. The molecule has 27 heavy (non-hydrogen) atoms. The zero-order valence-corrected chi connectivity index (χ0v) is 15.7. The zero-order chi connectivity index (χ0) is 19.2. The van der Waals surface area contributed by atoms with E-state index < -0.39 is 4.92 Å². The van der Waals surface area contributed by atoms with Crippen LogP contribution >= 0.6 is 15.9 Å². The number of allylic oxidation sites excluding steroid dienone is 4.